The molecule has 1 aromatic heterocycles. The Kier molecular flexibility index (Phi) is 2.87. The zero-order valence-corrected chi connectivity index (χ0v) is 8.43. The summed E-state index contributed by atoms with van der Waals surface area (Å²) in [6.07, 6.45) is 5.06. The molecule has 5 heteroatoms. The van der Waals surface area contributed by atoms with Crippen molar-refractivity contribution in [1.29, 1.82) is 0 Å². The minimum absolute atomic E-state index is 0.563. The fourth-order valence-electron chi connectivity index (χ4n) is 1.02. The first-order valence-electron chi connectivity index (χ1n) is 3.93. The summed E-state index contributed by atoms with van der Waals surface area (Å²) in [4.78, 5) is 3.85. The Morgan fingerprint density at radius 1 is 1.54 bits per heavy atom. The van der Waals surface area contributed by atoms with Gasteiger partial charge in [-0.05, 0) is 18.1 Å². The predicted molar refractivity (Wildman–Crippen MR) is 52.1 cm³/mol. The molecule has 0 saturated heterocycles. The van der Waals surface area contributed by atoms with E-state index in [9.17, 15) is 8.42 Å². The fourth-order valence-corrected chi connectivity index (χ4v) is 1.61. The average Bonchev–Trinajstić information content (AvgIpc) is 2.02. The molecule has 1 rings (SSSR count). The normalized spacial score (nSPS) is 11.2. The first kappa shape index (κ1) is 9.98. The zero-order valence-electron chi connectivity index (χ0n) is 7.61. The van der Waals surface area contributed by atoms with E-state index in [0.29, 0.717) is 5.69 Å². The highest BCUT2D eigenvalue weighted by Gasteiger charge is 2.05. The van der Waals surface area contributed by atoms with Crippen LogP contribution in [0.15, 0.2) is 18.5 Å². The number of nitrogens with one attached hydrogen (secondary N) is 1. The monoisotopic (exact) mass is 200 g/mol. The number of sulfonamides is 1. The van der Waals surface area contributed by atoms with E-state index in [4.69, 9.17) is 0 Å². The molecular weight excluding hydrogens is 188 g/mol. The first-order valence-corrected chi connectivity index (χ1v) is 5.82. The van der Waals surface area contributed by atoms with Gasteiger partial charge in [-0.25, -0.2) is 8.42 Å². The molecule has 0 aliphatic carbocycles. The molecule has 0 aromatic carbocycles. The minimum Gasteiger partial charge on any atom is -0.282 e. The number of rotatable bonds is 3. The van der Waals surface area contributed by atoms with E-state index in [1.807, 2.05) is 6.92 Å². The molecule has 0 radical (unpaired) electrons. The van der Waals surface area contributed by atoms with Crippen molar-refractivity contribution in [3.63, 3.8) is 0 Å². The standard InChI is InChI=1S/C8H12N2O2S/c1-3-7-4-5-9-6-8(7)10-13(2,11)12/h4-6,10H,3H2,1-2H3. The number of hydrogen-bond donors (Lipinski definition) is 1. The Morgan fingerprint density at radius 2 is 2.23 bits per heavy atom. The van der Waals surface area contributed by atoms with Crippen LogP contribution in [0.5, 0.6) is 0 Å². The van der Waals surface area contributed by atoms with Crippen LogP contribution in [-0.4, -0.2) is 19.7 Å². The van der Waals surface area contributed by atoms with Gasteiger partial charge in [-0.2, -0.15) is 0 Å². The molecule has 1 N–H and O–H groups in total. The summed E-state index contributed by atoms with van der Waals surface area (Å²) >= 11 is 0. The van der Waals surface area contributed by atoms with Crippen LogP contribution in [0.4, 0.5) is 5.69 Å². The highest BCUT2D eigenvalue weighted by Crippen LogP contribution is 2.14. The van der Waals surface area contributed by atoms with Crippen molar-refractivity contribution >= 4 is 15.7 Å². The lowest BCUT2D eigenvalue weighted by Crippen LogP contribution is -2.11. The lowest BCUT2D eigenvalue weighted by molar-refractivity contribution is 0.606. The molecule has 4 nitrogen and oxygen atoms in total. The Morgan fingerprint density at radius 3 is 2.77 bits per heavy atom. The van der Waals surface area contributed by atoms with Gasteiger partial charge in [0.05, 0.1) is 18.1 Å². The molecule has 0 saturated carbocycles. The third-order valence-electron chi connectivity index (χ3n) is 1.59. The Labute approximate surface area is 78.1 Å². The molecule has 0 aliphatic rings. The van der Waals surface area contributed by atoms with Crippen molar-refractivity contribution in [2.45, 2.75) is 13.3 Å². The van der Waals surface area contributed by atoms with E-state index < -0.39 is 10.0 Å². The van der Waals surface area contributed by atoms with Crippen molar-refractivity contribution in [1.82, 2.24) is 4.98 Å². The summed E-state index contributed by atoms with van der Waals surface area (Å²) in [7, 11) is -3.20. The van der Waals surface area contributed by atoms with Gasteiger partial charge in [-0.3, -0.25) is 9.71 Å². The molecule has 0 bridgehead atoms. The Balaban J connectivity index is 3.01. The molecule has 0 amide bonds. The summed E-state index contributed by atoms with van der Waals surface area (Å²) in [6.45, 7) is 1.96. The molecule has 72 valence electrons. The lowest BCUT2D eigenvalue weighted by atomic mass is 10.2. The number of pyridine rings is 1. The number of aromatic nitrogens is 1. The Bertz CT molecular complexity index is 387. The van der Waals surface area contributed by atoms with Gasteiger partial charge in [0.25, 0.3) is 0 Å². The number of aryl methyl sites for hydroxylation is 1. The summed E-state index contributed by atoms with van der Waals surface area (Å²) in [5, 5.41) is 0. The van der Waals surface area contributed by atoms with Crippen LogP contribution < -0.4 is 4.72 Å². The minimum atomic E-state index is -3.20. The third-order valence-corrected chi connectivity index (χ3v) is 2.18. The molecular formula is C8H12N2O2S. The largest absolute Gasteiger partial charge is 0.282 e. The van der Waals surface area contributed by atoms with Crippen molar-refractivity contribution in [3.05, 3.63) is 24.0 Å². The quantitative estimate of drug-likeness (QED) is 0.792. The lowest BCUT2D eigenvalue weighted by Gasteiger charge is -2.07. The van der Waals surface area contributed by atoms with E-state index in [1.54, 1.807) is 12.3 Å². The van der Waals surface area contributed by atoms with Crippen molar-refractivity contribution in [2.75, 3.05) is 11.0 Å². The molecule has 1 aromatic rings. The maximum Gasteiger partial charge on any atom is 0.229 e. The van der Waals surface area contributed by atoms with Gasteiger partial charge in [0.15, 0.2) is 0 Å². The van der Waals surface area contributed by atoms with E-state index in [0.717, 1.165) is 18.2 Å². The highest BCUT2D eigenvalue weighted by molar-refractivity contribution is 7.92. The summed E-state index contributed by atoms with van der Waals surface area (Å²) in [5.41, 5.74) is 1.51. The molecule has 0 aliphatic heterocycles. The van der Waals surface area contributed by atoms with Crippen LogP contribution in [0, 0.1) is 0 Å². The SMILES string of the molecule is CCc1ccncc1NS(C)(=O)=O. The zero-order chi connectivity index (χ0) is 9.90. The molecule has 0 fully saturated rings. The van der Waals surface area contributed by atoms with Gasteiger partial charge in [-0.1, -0.05) is 6.92 Å². The van der Waals surface area contributed by atoms with Gasteiger partial charge < -0.3 is 0 Å². The highest BCUT2D eigenvalue weighted by atomic mass is 32.2. The second-order valence-corrected chi connectivity index (χ2v) is 4.51. The van der Waals surface area contributed by atoms with Crippen molar-refractivity contribution in [2.24, 2.45) is 0 Å². The third kappa shape index (κ3) is 3.02. The van der Waals surface area contributed by atoms with Gasteiger partial charge in [0, 0.05) is 6.20 Å². The van der Waals surface area contributed by atoms with Crippen LogP contribution in [0.25, 0.3) is 0 Å². The topological polar surface area (TPSA) is 59.1 Å². The Hall–Kier alpha value is -1.10. The van der Waals surface area contributed by atoms with Crippen LogP contribution in [-0.2, 0) is 16.4 Å². The van der Waals surface area contributed by atoms with E-state index in [-0.39, 0.29) is 0 Å². The summed E-state index contributed by atoms with van der Waals surface area (Å²) < 4.78 is 24.3. The number of hydrogen-bond acceptors (Lipinski definition) is 3. The molecule has 1 heterocycles. The van der Waals surface area contributed by atoms with Gasteiger partial charge in [0.1, 0.15) is 0 Å². The molecule has 0 atom stereocenters. The van der Waals surface area contributed by atoms with Gasteiger partial charge >= 0.3 is 0 Å². The van der Waals surface area contributed by atoms with Crippen LogP contribution in [0.2, 0.25) is 0 Å². The van der Waals surface area contributed by atoms with Crippen LogP contribution in [0.1, 0.15) is 12.5 Å². The van der Waals surface area contributed by atoms with Gasteiger partial charge in [0.2, 0.25) is 10.0 Å². The molecule has 0 unspecified atom stereocenters. The molecule has 0 spiro atoms. The van der Waals surface area contributed by atoms with Crippen LogP contribution >= 0.6 is 0 Å². The maximum absolute atomic E-state index is 10.9. The van der Waals surface area contributed by atoms with Crippen molar-refractivity contribution < 1.29 is 8.42 Å². The van der Waals surface area contributed by atoms with Crippen LogP contribution in [0.3, 0.4) is 0 Å². The van der Waals surface area contributed by atoms with Gasteiger partial charge in [-0.15, -0.1) is 0 Å². The van der Waals surface area contributed by atoms with Crippen molar-refractivity contribution in [3.8, 4) is 0 Å². The molecule has 13 heavy (non-hydrogen) atoms. The summed E-state index contributed by atoms with van der Waals surface area (Å²) in [5.74, 6) is 0. The van der Waals surface area contributed by atoms with E-state index in [1.165, 1.54) is 6.20 Å². The van der Waals surface area contributed by atoms with E-state index in [2.05, 4.69) is 9.71 Å². The second kappa shape index (κ2) is 3.74. The number of anilines is 1. The van der Waals surface area contributed by atoms with E-state index >= 15 is 0 Å². The first-order chi connectivity index (χ1) is 6.03. The maximum atomic E-state index is 10.9. The second-order valence-electron chi connectivity index (χ2n) is 2.76. The fraction of sp³-hybridized carbons (Fsp3) is 0.375. The summed E-state index contributed by atoms with van der Waals surface area (Å²) in [6, 6.07) is 1.80. The number of nitrogens with zero attached hydrogens (tertiary/aromatic N) is 1. The smallest absolute Gasteiger partial charge is 0.229 e. The predicted octanol–water partition coefficient (Wildman–Crippen LogP) is 1.02. The average molecular weight is 200 g/mol.